The Labute approximate surface area is 96.3 Å². The van der Waals surface area contributed by atoms with Gasteiger partial charge in [0.1, 0.15) is 0 Å². The van der Waals surface area contributed by atoms with Crippen molar-refractivity contribution in [2.24, 2.45) is 0 Å². The zero-order chi connectivity index (χ0) is 12.8. The second-order valence-electron chi connectivity index (χ2n) is 3.27. The van der Waals surface area contributed by atoms with Crippen molar-refractivity contribution in [3.05, 3.63) is 0 Å². The van der Waals surface area contributed by atoms with Crippen LogP contribution in [0.1, 0.15) is 26.2 Å². The fourth-order valence-corrected chi connectivity index (χ4v) is 1.24. The minimum Gasteiger partial charge on any atom is -0.338 e. The number of unbranched alkanes of at least 4 members (excludes halogenated alkanes) is 1. The number of hydrogen-bond donors (Lipinski definition) is 1. The Hall–Kier alpha value is -0.780. The summed E-state index contributed by atoms with van der Waals surface area (Å²) >= 11 is 5.24. The topological polar surface area (TPSA) is 46.2 Å². The Morgan fingerprint density at radius 2 is 1.94 bits per heavy atom. The standard InChI is InChI=1S/C9H13ClF3NO2/c1-2-3-4-6(7(15)5-10)14-8(16)9(11,12)13/h6H,2-5H2,1H3,(H,14,16). The lowest BCUT2D eigenvalue weighted by molar-refractivity contribution is -0.174. The van der Waals surface area contributed by atoms with E-state index < -0.39 is 29.8 Å². The third-order valence-electron chi connectivity index (χ3n) is 1.93. The van der Waals surface area contributed by atoms with E-state index in [9.17, 15) is 22.8 Å². The van der Waals surface area contributed by atoms with Crippen LogP contribution in [0.2, 0.25) is 0 Å². The quantitative estimate of drug-likeness (QED) is 0.742. The number of amides is 1. The Bertz CT molecular complexity index is 256. The molecule has 1 amide bonds. The van der Waals surface area contributed by atoms with Crippen molar-refractivity contribution in [1.82, 2.24) is 5.32 Å². The lowest BCUT2D eigenvalue weighted by Crippen LogP contribution is -2.47. The molecule has 1 atom stereocenters. The summed E-state index contributed by atoms with van der Waals surface area (Å²) in [4.78, 5) is 21.8. The summed E-state index contributed by atoms with van der Waals surface area (Å²) in [6, 6.07) is -1.15. The summed E-state index contributed by atoms with van der Waals surface area (Å²) in [7, 11) is 0. The zero-order valence-corrected chi connectivity index (χ0v) is 9.49. The third-order valence-corrected chi connectivity index (χ3v) is 2.19. The Kier molecular flexibility index (Phi) is 6.40. The normalized spacial score (nSPS) is 13.3. The predicted octanol–water partition coefficient (Wildman–Crippen LogP) is 2.03. The highest BCUT2D eigenvalue weighted by Crippen LogP contribution is 2.15. The number of rotatable bonds is 6. The molecule has 0 aliphatic carbocycles. The van der Waals surface area contributed by atoms with Crippen LogP contribution in [0.5, 0.6) is 0 Å². The highest BCUT2D eigenvalue weighted by atomic mass is 35.5. The van der Waals surface area contributed by atoms with Gasteiger partial charge >= 0.3 is 12.1 Å². The molecule has 1 unspecified atom stereocenters. The van der Waals surface area contributed by atoms with Crippen molar-refractivity contribution in [2.75, 3.05) is 5.88 Å². The molecule has 0 heterocycles. The van der Waals surface area contributed by atoms with Crippen LogP contribution in [-0.4, -0.2) is 29.8 Å². The number of Topliss-reactive ketones (excluding diaryl/α,β-unsaturated/α-hetero) is 1. The number of carbonyl (C=O) groups excluding carboxylic acids is 2. The summed E-state index contributed by atoms with van der Waals surface area (Å²) in [5.74, 6) is -3.12. The number of carbonyl (C=O) groups is 2. The largest absolute Gasteiger partial charge is 0.471 e. The molecule has 0 bridgehead atoms. The Morgan fingerprint density at radius 3 is 2.31 bits per heavy atom. The van der Waals surface area contributed by atoms with Gasteiger partial charge in [-0.3, -0.25) is 9.59 Å². The fraction of sp³-hybridized carbons (Fsp3) is 0.778. The van der Waals surface area contributed by atoms with Crippen LogP contribution >= 0.6 is 11.6 Å². The molecule has 1 N–H and O–H groups in total. The van der Waals surface area contributed by atoms with Crippen LogP contribution in [-0.2, 0) is 9.59 Å². The molecule has 7 heteroatoms. The first kappa shape index (κ1) is 15.2. The first-order chi connectivity index (χ1) is 7.32. The van der Waals surface area contributed by atoms with Crippen LogP contribution in [0.15, 0.2) is 0 Å². The number of hydrogen-bond acceptors (Lipinski definition) is 2. The van der Waals surface area contributed by atoms with E-state index in [2.05, 4.69) is 0 Å². The molecular formula is C9H13ClF3NO2. The molecular weight excluding hydrogens is 247 g/mol. The molecule has 16 heavy (non-hydrogen) atoms. The number of nitrogens with one attached hydrogen (secondary N) is 1. The minimum absolute atomic E-state index is 0.171. The van der Waals surface area contributed by atoms with Gasteiger partial charge in [0.05, 0.1) is 11.9 Å². The van der Waals surface area contributed by atoms with E-state index in [-0.39, 0.29) is 6.42 Å². The van der Waals surface area contributed by atoms with Gasteiger partial charge in [0, 0.05) is 0 Å². The van der Waals surface area contributed by atoms with Crippen LogP contribution in [0, 0.1) is 0 Å². The van der Waals surface area contributed by atoms with E-state index in [1.54, 1.807) is 5.32 Å². The molecule has 0 saturated heterocycles. The average Bonchev–Trinajstić information content (AvgIpc) is 2.21. The molecule has 0 fully saturated rings. The predicted molar refractivity (Wildman–Crippen MR) is 53.2 cm³/mol. The van der Waals surface area contributed by atoms with E-state index in [0.717, 1.165) is 0 Å². The maximum atomic E-state index is 11.9. The van der Waals surface area contributed by atoms with Crippen LogP contribution in [0.3, 0.4) is 0 Å². The number of halogens is 4. The average molecular weight is 260 g/mol. The molecule has 3 nitrogen and oxygen atoms in total. The SMILES string of the molecule is CCCCC(NC(=O)C(F)(F)F)C(=O)CCl. The molecule has 0 rings (SSSR count). The number of alkyl halides is 4. The molecule has 0 aromatic carbocycles. The van der Waals surface area contributed by atoms with E-state index >= 15 is 0 Å². The lowest BCUT2D eigenvalue weighted by atomic mass is 10.1. The zero-order valence-electron chi connectivity index (χ0n) is 8.73. The summed E-state index contributed by atoms with van der Waals surface area (Å²) in [6.07, 6.45) is -3.54. The van der Waals surface area contributed by atoms with Gasteiger partial charge in [-0.2, -0.15) is 13.2 Å². The van der Waals surface area contributed by atoms with Gasteiger partial charge in [-0.1, -0.05) is 19.8 Å². The van der Waals surface area contributed by atoms with Crippen molar-refractivity contribution < 1.29 is 22.8 Å². The minimum atomic E-state index is -4.98. The van der Waals surface area contributed by atoms with Crippen LogP contribution < -0.4 is 5.32 Å². The summed E-state index contributed by atoms with van der Waals surface area (Å²) in [5, 5.41) is 1.64. The molecule has 0 aromatic heterocycles. The van der Waals surface area contributed by atoms with Gasteiger partial charge in [0.25, 0.3) is 0 Å². The molecule has 94 valence electrons. The van der Waals surface area contributed by atoms with Crippen molar-refractivity contribution in [3.63, 3.8) is 0 Å². The second kappa shape index (κ2) is 6.73. The van der Waals surface area contributed by atoms with E-state index in [4.69, 9.17) is 11.6 Å². The molecule has 0 radical (unpaired) electrons. The Morgan fingerprint density at radius 1 is 1.38 bits per heavy atom. The highest BCUT2D eigenvalue weighted by Gasteiger charge is 2.40. The van der Waals surface area contributed by atoms with Gasteiger partial charge in [-0.15, -0.1) is 11.6 Å². The van der Waals surface area contributed by atoms with Crippen molar-refractivity contribution >= 4 is 23.3 Å². The summed E-state index contributed by atoms with van der Waals surface area (Å²) in [6.45, 7) is 1.83. The monoisotopic (exact) mass is 259 g/mol. The fourth-order valence-electron chi connectivity index (χ4n) is 1.06. The van der Waals surface area contributed by atoms with Crippen LogP contribution in [0.25, 0.3) is 0 Å². The van der Waals surface area contributed by atoms with Gasteiger partial charge in [-0.05, 0) is 6.42 Å². The molecule has 0 aliphatic heterocycles. The number of ketones is 1. The lowest BCUT2D eigenvalue weighted by Gasteiger charge is -2.17. The highest BCUT2D eigenvalue weighted by molar-refractivity contribution is 6.28. The van der Waals surface area contributed by atoms with E-state index in [1.807, 2.05) is 6.92 Å². The molecule has 0 saturated carbocycles. The van der Waals surface area contributed by atoms with Gasteiger partial charge in [0.2, 0.25) is 0 Å². The molecule has 0 aliphatic rings. The van der Waals surface area contributed by atoms with Gasteiger partial charge in [-0.25, -0.2) is 0 Å². The van der Waals surface area contributed by atoms with Gasteiger partial charge < -0.3 is 5.32 Å². The van der Waals surface area contributed by atoms with E-state index in [0.29, 0.717) is 12.8 Å². The molecule has 0 spiro atoms. The van der Waals surface area contributed by atoms with Crippen molar-refractivity contribution in [2.45, 2.75) is 38.4 Å². The first-order valence-electron chi connectivity index (χ1n) is 4.79. The second-order valence-corrected chi connectivity index (χ2v) is 3.53. The van der Waals surface area contributed by atoms with Crippen molar-refractivity contribution in [3.8, 4) is 0 Å². The van der Waals surface area contributed by atoms with Gasteiger partial charge in [0.15, 0.2) is 5.78 Å². The smallest absolute Gasteiger partial charge is 0.338 e. The maximum absolute atomic E-state index is 11.9. The van der Waals surface area contributed by atoms with Crippen LogP contribution in [0.4, 0.5) is 13.2 Å². The third kappa shape index (κ3) is 5.34. The van der Waals surface area contributed by atoms with Crippen molar-refractivity contribution in [1.29, 1.82) is 0 Å². The Balaban J connectivity index is 4.42. The first-order valence-corrected chi connectivity index (χ1v) is 5.32. The summed E-state index contributed by atoms with van der Waals surface area (Å²) in [5.41, 5.74) is 0. The maximum Gasteiger partial charge on any atom is 0.471 e. The molecule has 0 aromatic rings. The summed E-state index contributed by atoms with van der Waals surface area (Å²) < 4.78 is 35.8. The van der Waals surface area contributed by atoms with E-state index in [1.165, 1.54) is 0 Å².